The van der Waals surface area contributed by atoms with Crippen LogP contribution in [0.1, 0.15) is 84.5 Å². The summed E-state index contributed by atoms with van der Waals surface area (Å²) in [5, 5.41) is 0. The van der Waals surface area contributed by atoms with Crippen LogP contribution in [-0.4, -0.2) is 25.8 Å². The SMILES string of the molecule is CCCCCCOCCCCC#CC(=O)OCCCCCC. The molecule has 0 aliphatic carbocycles. The summed E-state index contributed by atoms with van der Waals surface area (Å²) in [6, 6.07) is 0. The normalized spacial score (nSPS) is 10.1. The fourth-order valence-electron chi connectivity index (χ4n) is 2.01. The number of hydrogen-bond donors (Lipinski definition) is 0. The van der Waals surface area contributed by atoms with E-state index >= 15 is 0 Å². The average Bonchev–Trinajstić information content (AvgIpc) is 2.52. The number of rotatable bonds is 14. The molecule has 0 fully saturated rings. The van der Waals surface area contributed by atoms with Gasteiger partial charge >= 0.3 is 5.97 Å². The molecule has 3 nitrogen and oxygen atoms in total. The minimum absolute atomic E-state index is 0.385. The summed E-state index contributed by atoms with van der Waals surface area (Å²) < 4.78 is 10.6. The van der Waals surface area contributed by atoms with Crippen LogP contribution < -0.4 is 0 Å². The van der Waals surface area contributed by atoms with Gasteiger partial charge in [-0.3, -0.25) is 0 Å². The molecule has 0 aliphatic heterocycles. The summed E-state index contributed by atoms with van der Waals surface area (Å²) in [4.78, 5) is 11.3. The van der Waals surface area contributed by atoms with E-state index in [-0.39, 0.29) is 5.97 Å². The van der Waals surface area contributed by atoms with Crippen molar-refractivity contribution in [3.05, 3.63) is 0 Å². The monoisotopic (exact) mass is 310 g/mol. The van der Waals surface area contributed by atoms with Crippen molar-refractivity contribution in [3.63, 3.8) is 0 Å². The Balaban J connectivity index is 3.28. The Labute approximate surface area is 137 Å². The molecular formula is C19H34O3. The van der Waals surface area contributed by atoms with E-state index in [9.17, 15) is 4.79 Å². The summed E-state index contributed by atoms with van der Waals surface area (Å²) in [6.45, 7) is 6.55. The van der Waals surface area contributed by atoms with Gasteiger partial charge in [-0.1, -0.05) is 58.3 Å². The minimum Gasteiger partial charge on any atom is -0.456 e. The fraction of sp³-hybridized carbons (Fsp3) is 0.842. The number of carbonyl (C=O) groups excluding carboxylic acids is 1. The lowest BCUT2D eigenvalue weighted by molar-refractivity contribution is -0.136. The lowest BCUT2D eigenvalue weighted by Crippen LogP contribution is -2.02. The van der Waals surface area contributed by atoms with E-state index in [2.05, 4.69) is 25.7 Å². The molecule has 0 bridgehead atoms. The molecule has 0 aromatic heterocycles. The van der Waals surface area contributed by atoms with Crippen LogP contribution in [0.25, 0.3) is 0 Å². The Bertz CT molecular complexity index is 302. The van der Waals surface area contributed by atoms with Gasteiger partial charge in [0.1, 0.15) is 0 Å². The largest absolute Gasteiger partial charge is 0.456 e. The van der Waals surface area contributed by atoms with Gasteiger partial charge in [0.05, 0.1) is 6.61 Å². The van der Waals surface area contributed by atoms with Gasteiger partial charge in [-0.25, -0.2) is 4.79 Å². The van der Waals surface area contributed by atoms with Crippen molar-refractivity contribution in [2.24, 2.45) is 0 Å². The van der Waals surface area contributed by atoms with Crippen molar-refractivity contribution in [2.45, 2.75) is 84.5 Å². The molecule has 0 rings (SSSR count). The van der Waals surface area contributed by atoms with Crippen molar-refractivity contribution >= 4 is 5.97 Å². The molecule has 0 aliphatic rings. The van der Waals surface area contributed by atoms with E-state index in [4.69, 9.17) is 9.47 Å². The molecule has 0 amide bonds. The first kappa shape index (κ1) is 21.0. The van der Waals surface area contributed by atoms with E-state index in [0.717, 1.165) is 51.7 Å². The van der Waals surface area contributed by atoms with Crippen molar-refractivity contribution in [2.75, 3.05) is 19.8 Å². The van der Waals surface area contributed by atoms with Gasteiger partial charge in [0.2, 0.25) is 0 Å². The Morgan fingerprint density at radius 1 is 0.773 bits per heavy atom. The second kappa shape index (κ2) is 18.0. The van der Waals surface area contributed by atoms with Gasteiger partial charge in [-0.2, -0.15) is 0 Å². The summed E-state index contributed by atoms with van der Waals surface area (Å²) in [6.07, 6.45) is 12.2. The van der Waals surface area contributed by atoms with Crippen LogP contribution in [0.4, 0.5) is 0 Å². The van der Waals surface area contributed by atoms with Gasteiger partial charge in [0.15, 0.2) is 0 Å². The molecule has 0 atom stereocenters. The highest BCUT2D eigenvalue weighted by molar-refractivity contribution is 5.88. The van der Waals surface area contributed by atoms with Crippen LogP contribution in [0.15, 0.2) is 0 Å². The van der Waals surface area contributed by atoms with Crippen molar-refractivity contribution < 1.29 is 14.3 Å². The first-order valence-electron chi connectivity index (χ1n) is 9.04. The number of unbranched alkanes of at least 4 members (excludes halogenated alkanes) is 8. The number of hydrogen-bond acceptors (Lipinski definition) is 3. The Kier molecular flexibility index (Phi) is 17.2. The maximum absolute atomic E-state index is 11.3. The number of carbonyl (C=O) groups is 1. The van der Waals surface area contributed by atoms with E-state index in [1.807, 2.05) is 0 Å². The zero-order valence-corrected chi connectivity index (χ0v) is 14.6. The van der Waals surface area contributed by atoms with E-state index in [0.29, 0.717) is 6.61 Å². The van der Waals surface area contributed by atoms with Crippen molar-refractivity contribution in [1.82, 2.24) is 0 Å². The van der Waals surface area contributed by atoms with E-state index < -0.39 is 0 Å². The van der Waals surface area contributed by atoms with Gasteiger partial charge in [-0.05, 0) is 25.7 Å². The molecule has 0 aromatic rings. The number of esters is 1. The Hall–Kier alpha value is -1.01. The van der Waals surface area contributed by atoms with Crippen LogP contribution in [0.2, 0.25) is 0 Å². The predicted molar refractivity (Wildman–Crippen MR) is 91.7 cm³/mol. The highest BCUT2D eigenvalue weighted by atomic mass is 16.5. The lowest BCUT2D eigenvalue weighted by Gasteiger charge is -2.02. The van der Waals surface area contributed by atoms with Crippen LogP contribution in [0.5, 0.6) is 0 Å². The lowest BCUT2D eigenvalue weighted by atomic mass is 10.2. The molecule has 0 saturated heterocycles. The molecule has 0 heterocycles. The predicted octanol–water partition coefficient (Wildman–Crippen LogP) is 4.88. The topological polar surface area (TPSA) is 35.5 Å². The molecule has 0 aromatic carbocycles. The first-order valence-corrected chi connectivity index (χ1v) is 9.04. The third-order valence-electron chi connectivity index (χ3n) is 3.40. The minimum atomic E-state index is -0.385. The summed E-state index contributed by atoms with van der Waals surface area (Å²) in [7, 11) is 0. The maximum Gasteiger partial charge on any atom is 0.384 e. The Morgan fingerprint density at radius 2 is 1.36 bits per heavy atom. The summed E-state index contributed by atoms with van der Waals surface area (Å²) in [5.41, 5.74) is 0. The number of ether oxygens (including phenoxy) is 2. The standard InChI is InChI=1S/C19H34O3/c1-3-5-7-12-16-21-17-13-10-9-11-15-19(20)22-18-14-8-6-4-2/h3-10,12-14,16-18H2,1-2H3. The third-order valence-corrected chi connectivity index (χ3v) is 3.40. The second-order valence-electron chi connectivity index (χ2n) is 5.63. The van der Waals surface area contributed by atoms with Crippen LogP contribution in [-0.2, 0) is 14.3 Å². The van der Waals surface area contributed by atoms with E-state index in [1.165, 1.54) is 32.1 Å². The summed E-state index contributed by atoms with van der Waals surface area (Å²) >= 11 is 0. The Morgan fingerprint density at radius 3 is 2.00 bits per heavy atom. The van der Waals surface area contributed by atoms with Crippen LogP contribution in [0.3, 0.4) is 0 Å². The van der Waals surface area contributed by atoms with Gasteiger partial charge in [0.25, 0.3) is 0 Å². The molecule has 0 unspecified atom stereocenters. The second-order valence-corrected chi connectivity index (χ2v) is 5.63. The quantitative estimate of drug-likeness (QED) is 0.198. The highest BCUT2D eigenvalue weighted by Gasteiger charge is 1.96. The maximum atomic E-state index is 11.3. The smallest absolute Gasteiger partial charge is 0.384 e. The van der Waals surface area contributed by atoms with Gasteiger partial charge in [0, 0.05) is 25.6 Å². The van der Waals surface area contributed by atoms with Crippen LogP contribution in [0, 0.1) is 11.8 Å². The molecule has 128 valence electrons. The molecule has 0 radical (unpaired) electrons. The zero-order chi connectivity index (χ0) is 16.3. The fourth-order valence-corrected chi connectivity index (χ4v) is 2.01. The van der Waals surface area contributed by atoms with E-state index in [1.54, 1.807) is 0 Å². The molecular weight excluding hydrogens is 276 g/mol. The molecule has 22 heavy (non-hydrogen) atoms. The van der Waals surface area contributed by atoms with Crippen molar-refractivity contribution in [3.8, 4) is 11.8 Å². The first-order chi connectivity index (χ1) is 10.8. The molecule has 0 N–H and O–H groups in total. The average molecular weight is 310 g/mol. The molecule has 0 spiro atoms. The van der Waals surface area contributed by atoms with Crippen molar-refractivity contribution in [1.29, 1.82) is 0 Å². The molecule has 0 saturated carbocycles. The van der Waals surface area contributed by atoms with Crippen LogP contribution >= 0.6 is 0 Å². The molecule has 3 heteroatoms. The zero-order valence-electron chi connectivity index (χ0n) is 14.6. The third kappa shape index (κ3) is 17.0. The van der Waals surface area contributed by atoms with Gasteiger partial charge < -0.3 is 9.47 Å². The van der Waals surface area contributed by atoms with Gasteiger partial charge in [-0.15, -0.1) is 0 Å². The highest BCUT2D eigenvalue weighted by Crippen LogP contribution is 2.01. The summed E-state index contributed by atoms with van der Waals surface area (Å²) in [5.74, 6) is 5.04.